The fourth-order valence-corrected chi connectivity index (χ4v) is 4.70. The van der Waals surface area contributed by atoms with Crippen LogP contribution >= 0.6 is 0 Å². The van der Waals surface area contributed by atoms with Crippen LogP contribution in [0.1, 0.15) is 16.8 Å². The minimum absolute atomic E-state index is 0.00826. The molecule has 1 aliphatic heterocycles. The molecule has 190 valence electrons. The first-order valence-electron chi connectivity index (χ1n) is 12.7. The summed E-state index contributed by atoms with van der Waals surface area (Å²) >= 11 is 0. The first kappa shape index (κ1) is 24.6. The Balaban J connectivity index is 1.23. The summed E-state index contributed by atoms with van der Waals surface area (Å²) in [4.78, 5) is 23.0. The van der Waals surface area contributed by atoms with E-state index in [9.17, 15) is 4.79 Å². The zero-order valence-electron chi connectivity index (χ0n) is 21.5. The Bertz CT molecular complexity index is 1330. The van der Waals surface area contributed by atoms with E-state index >= 15 is 0 Å². The van der Waals surface area contributed by atoms with Crippen LogP contribution in [0.4, 0.5) is 11.6 Å². The molecule has 1 aliphatic rings. The van der Waals surface area contributed by atoms with Gasteiger partial charge in [0.05, 0.1) is 12.2 Å². The number of fused-ring (bicyclic) bond motifs is 1. The molecule has 5 rings (SSSR count). The predicted octanol–water partition coefficient (Wildman–Crippen LogP) is 3.12. The summed E-state index contributed by atoms with van der Waals surface area (Å²) in [6.07, 6.45) is 2.62. The van der Waals surface area contributed by atoms with Crippen molar-refractivity contribution >= 4 is 28.3 Å². The summed E-state index contributed by atoms with van der Waals surface area (Å²) in [5.41, 5.74) is 3.23. The number of rotatable bonds is 8. The predicted molar refractivity (Wildman–Crippen MR) is 148 cm³/mol. The van der Waals surface area contributed by atoms with Crippen LogP contribution in [0.2, 0.25) is 0 Å². The molecule has 0 aliphatic carbocycles. The zero-order valence-corrected chi connectivity index (χ0v) is 21.5. The third-order valence-electron chi connectivity index (χ3n) is 6.62. The van der Waals surface area contributed by atoms with Crippen LogP contribution < -0.4 is 15.1 Å². The molecule has 0 unspecified atom stereocenters. The lowest BCUT2D eigenvalue weighted by Crippen LogP contribution is -2.47. The largest absolute Gasteiger partial charge is 0.353 e. The molecule has 1 fully saturated rings. The number of carbonyl (C=O) groups excluding carboxylic acids is 1. The number of nitrogens with zero attached hydrogens (tertiary/aromatic N) is 6. The summed E-state index contributed by atoms with van der Waals surface area (Å²) in [5.74, 6) is 1.91. The highest BCUT2D eigenvalue weighted by atomic mass is 16.2. The van der Waals surface area contributed by atoms with E-state index in [1.807, 2.05) is 43.4 Å². The molecular weight excluding hydrogens is 462 g/mol. The molecule has 8 heteroatoms. The number of piperazine rings is 1. The van der Waals surface area contributed by atoms with Crippen molar-refractivity contribution in [1.29, 1.82) is 0 Å². The molecular formula is C29H33N7O. The van der Waals surface area contributed by atoms with Crippen molar-refractivity contribution in [2.75, 3.05) is 56.6 Å². The summed E-state index contributed by atoms with van der Waals surface area (Å²) in [5, 5.41) is 14.6. The molecule has 1 N–H and O–H groups in total. The normalized spacial score (nSPS) is 13.8. The lowest BCUT2D eigenvalue weighted by Gasteiger charge is -2.36. The average Bonchev–Trinajstić information content (AvgIpc) is 2.93. The van der Waals surface area contributed by atoms with Crippen LogP contribution in [0.5, 0.6) is 0 Å². The molecule has 0 atom stereocenters. The lowest BCUT2D eigenvalue weighted by molar-refractivity contribution is -0.121. The van der Waals surface area contributed by atoms with Gasteiger partial charge in [0.1, 0.15) is 5.82 Å². The monoisotopic (exact) mass is 495 g/mol. The van der Waals surface area contributed by atoms with Gasteiger partial charge in [-0.2, -0.15) is 5.10 Å². The molecule has 2 aromatic carbocycles. The first-order valence-corrected chi connectivity index (χ1v) is 12.7. The van der Waals surface area contributed by atoms with Crippen molar-refractivity contribution in [3.8, 4) is 0 Å². The number of aromatic nitrogens is 3. The van der Waals surface area contributed by atoms with Crippen LogP contribution in [-0.2, 0) is 17.8 Å². The van der Waals surface area contributed by atoms with E-state index in [2.05, 4.69) is 73.7 Å². The molecule has 3 heterocycles. The van der Waals surface area contributed by atoms with Gasteiger partial charge in [0.15, 0.2) is 5.82 Å². The van der Waals surface area contributed by atoms with Crippen molar-refractivity contribution < 1.29 is 4.79 Å². The third-order valence-corrected chi connectivity index (χ3v) is 6.62. The summed E-state index contributed by atoms with van der Waals surface area (Å²) in [6, 6.07) is 22.9. The van der Waals surface area contributed by atoms with Gasteiger partial charge in [0, 0.05) is 56.1 Å². The standard InChI is InChI=1S/C29H33N7O/c1-34(2)21-28(37)31-20-23-12-13-27(30-19-23)35-14-16-36(17-15-35)29-25-11-7-6-10-24(25)26(32-33-29)18-22-8-4-3-5-9-22/h3-13,19H,14-18,20-21H2,1-2H3,(H,31,37). The highest BCUT2D eigenvalue weighted by Crippen LogP contribution is 2.28. The maximum absolute atomic E-state index is 11.9. The Labute approximate surface area is 217 Å². The molecule has 1 amide bonds. The topological polar surface area (TPSA) is 77.5 Å². The van der Waals surface area contributed by atoms with Crippen molar-refractivity contribution in [1.82, 2.24) is 25.4 Å². The van der Waals surface area contributed by atoms with Crippen LogP contribution in [0.3, 0.4) is 0 Å². The number of hydrogen-bond acceptors (Lipinski definition) is 7. The molecule has 8 nitrogen and oxygen atoms in total. The Morgan fingerprint density at radius 1 is 0.838 bits per heavy atom. The summed E-state index contributed by atoms with van der Waals surface area (Å²) < 4.78 is 0. The highest BCUT2D eigenvalue weighted by Gasteiger charge is 2.22. The first-order chi connectivity index (χ1) is 18.1. The minimum Gasteiger partial charge on any atom is -0.353 e. The maximum Gasteiger partial charge on any atom is 0.234 e. The zero-order chi connectivity index (χ0) is 25.6. The second-order valence-electron chi connectivity index (χ2n) is 9.69. The Kier molecular flexibility index (Phi) is 7.56. The number of anilines is 2. The molecule has 4 aromatic rings. The van der Waals surface area contributed by atoms with Gasteiger partial charge in [-0.3, -0.25) is 4.79 Å². The number of nitrogens with one attached hydrogen (secondary N) is 1. The van der Waals surface area contributed by atoms with Crippen molar-refractivity contribution in [3.63, 3.8) is 0 Å². The molecule has 0 bridgehead atoms. The van der Waals surface area contributed by atoms with Crippen molar-refractivity contribution in [2.24, 2.45) is 0 Å². The summed E-state index contributed by atoms with van der Waals surface area (Å²) in [6.45, 7) is 4.27. The second kappa shape index (κ2) is 11.3. The van der Waals surface area contributed by atoms with Crippen LogP contribution in [0, 0.1) is 0 Å². The number of pyridine rings is 1. The second-order valence-corrected chi connectivity index (χ2v) is 9.69. The quantitative estimate of drug-likeness (QED) is 0.402. The number of amides is 1. The van der Waals surface area contributed by atoms with E-state index < -0.39 is 0 Å². The Morgan fingerprint density at radius 3 is 2.24 bits per heavy atom. The van der Waals surface area contributed by atoms with Gasteiger partial charge in [0.2, 0.25) is 5.91 Å². The van der Waals surface area contributed by atoms with Gasteiger partial charge >= 0.3 is 0 Å². The average molecular weight is 496 g/mol. The van der Waals surface area contributed by atoms with Crippen molar-refractivity contribution in [3.05, 3.63) is 89.7 Å². The van der Waals surface area contributed by atoms with E-state index in [4.69, 9.17) is 5.10 Å². The molecule has 0 saturated carbocycles. The van der Waals surface area contributed by atoms with E-state index in [1.165, 1.54) is 5.56 Å². The minimum atomic E-state index is 0.00826. The SMILES string of the molecule is CN(C)CC(=O)NCc1ccc(N2CCN(c3nnc(Cc4ccccc4)c4ccccc34)CC2)nc1. The van der Waals surface area contributed by atoms with Crippen LogP contribution in [0.25, 0.3) is 10.8 Å². The maximum atomic E-state index is 11.9. The smallest absolute Gasteiger partial charge is 0.234 e. The third kappa shape index (κ3) is 6.03. The van der Waals surface area contributed by atoms with Gasteiger partial charge < -0.3 is 20.0 Å². The van der Waals surface area contributed by atoms with Crippen LogP contribution in [0.15, 0.2) is 72.9 Å². The van der Waals surface area contributed by atoms with Gasteiger partial charge in [-0.05, 0) is 31.3 Å². The van der Waals surface area contributed by atoms with Crippen molar-refractivity contribution in [2.45, 2.75) is 13.0 Å². The Morgan fingerprint density at radius 2 is 1.54 bits per heavy atom. The van der Waals surface area contributed by atoms with Crippen LogP contribution in [-0.4, -0.2) is 72.8 Å². The summed E-state index contributed by atoms with van der Waals surface area (Å²) in [7, 11) is 3.76. The molecule has 37 heavy (non-hydrogen) atoms. The molecule has 2 aromatic heterocycles. The van der Waals surface area contributed by atoms with Gasteiger partial charge in [-0.15, -0.1) is 5.10 Å². The molecule has 0 radical (unpaired) electrons. The van der Waals surface area contributed by atoms with E-state index in [1.54, 1.807) is 0 Å². The fourth-order valence-electron chi connectivity index (χ4n) is 4.70. The molecule has 1 saturated heterocycles. The number of likely N-dealkylation sites (N-methyl/N-ethyl adjacent to an activating group) is 1. The van der Waals surface area contributed by atoms with E-state index in [-0.39, 0.29) is 5.91 Å². The fraction of sp³-hybridized carbons (Fsp3) is 0.310. The Hall–Kier alpha value is -4.04. The van der Waals surface area contributed by atoms with Gasteiger partial charge in [0.25, 0.3) is 0 Å². The lowest BCUT2D eigenvalue weighted by atomic mass is 10.0. The number of benzene rings is 2. The van der Waals surface area contributed by atoms with Gasteiger partial charge in [-0.1, -0.05) is 60.7 Å². The highest BCUT2D eigenvalue weighted by molar-refractivity contribution is 5.93. The number of carbonyl (C=O) groups is 1. The number of hydrogen-bond donors (Lipinski definition) is 1. The molecule has 0 spiro atoms. The van der Waals surface area contributed by atoms with Gasteiger partial charge in [-0.25, -0.2) is 4.98 Å². The van der Waals surface area contributed by atoms with E-state index in [0.717, 1.165) is 66.3 Å². The van der Waals surface area contributed by atoms with E-state index in [0.29, 0.717) is 13.1 Å².